The van der Waals surface area contributed by atoms with Crippen LogP contribution in [0.15, 0.2) is 0 Å². The van der Waals surface area contributed by atoms with Gasteiger partial charge in [-0.25, -0.2) is 0 Å². The maximum Gasteiger partial charge on any atom is 2.00 e. The molecule has 74 valence electrons. The van der Waals surface area contributed by atoms with Gasteiger partial charge in [-0.3, -0.25) is 9.59 Å². The number of hydrogen-bond acceptors (Lipinski definition) is 2. The van der Waals surface area contributed by atoms with Gasteiger partial charge in [-0.2, -0.15) is 0 Å². The van der Waals surface area contributed by atoms with Gasteiger partial charge in [-0.1, -0.05) is 20.3 Å². The number of aliphatic carboxylic acids is 2. The second-order valence-corrected chi connectivity index (χ2v) is 3.12. The first-order valence-electron chi connectivity index (χ1n) is 3.84. The molecule has 1 unspecified atom stereocenters. The van der Waals surface area contributed by atoms with Crippen molar-refractivity contribution >= 4 is 35.0 Å². The molecule has 2 N–H and O–H groups in total. The number of carboxylic acid groups (broad SMARTS) is 2. The van der Waals surface area contributed by atoms with E-state index in [1.807, 2.05) is 0 Å². The van der Waals surface area contributed by atoms with Crippen molar-refractivity contribution in [3.05, 3.63) is 0 Å². The summed E-state index contributed by atoms with van der Waals surface area (Å²) in [6.07, 6.45) is 0.537. The summed E-state index contributed by atoms with van der Waals surface area (Å²) in [5.41, 5.74) is -1.66. The zero-order valence-corrected chi connectivity index (χ0v) is 9.62. The van der Waals surface area contributed by atoms with E-state index in [-0.39, 0.29) is 31.8 Å². The Kier molecular flexibility index (Phi) is 6.36. The van der Waals surface area contributed by atoms with E-state index >= 15 is 0 Å². The van der Waals surface area contributed by atoms with Crippen LogP contribution in [-0.2, 0) is 9.59 Å². The maximum atomic E-state index is 10.7. The Hall–Kier alpha value is -0.294. The molecule has 13 heavy (non-hydrogen) atoms. The largest absolute Gasteiger partial charge is 2.00 e. The van der Waals surface area contributed by atoms with Crippen LogP contribution >= 0.6 is 0 Å². The summed E-state index contributed by atoms with van der Waals surface area (Å²) in [5.74, 6) is -2.92. The van der Waals surface area contributed by atoms with Crippen LogP contribution < -0.4 is 0 Å². The maximum absolute atomic E-state index is 10.7. The van der Waals surface area contributed by atoms with Crippen molar-refractivity contribution in [3.8, 4) is 0 Å². The minimum absolute atomic E-state index is 0. The standard InChI is InChI=1S/C8H14O4.Mg.2H/c1-4-5(2)8(3,6(9)10)7(11)12;;;/h5H,4H2,1-3H3,(H,9,10)(H,11,12);;;/q;+2;2*-1. The first kappa shape index (κ1) is 15.2. The van der Waals surface area contributed by atoms with Gasteiger partial charge in [0.15, 0.2) is 5.41 Å². The Bertz CT molecular complexity index is 197. The molecule has 0 radical (unpaired) electrons. The molecule has 0 heterocycles. The number of carbonyl (C=O) groups is 2. The minimum Gasteiger partial charge on any atom is -1.00 e. The second-order valence-electron chi connectivity index (χ2n) is 3.12. The van der Waals surface area contributed by atoms with Crippen LogP contribution in [0.2, 0.25) is 0 Å². The van der Waals surface area contributed by atoms with Crippen molar-refractivity contribution in [3.63, 3.8) is 0 Å². The van der Waals surface area contributed by atoms with Crippen LogP contribution in [0.1, 0.15) is 30.0 Å². The van der Waals surface area contributed by atoms with Gasteiger partial charge < -0.3 is 13.1 Å². The van der Waals surface area contributed by atoms with Gasteiger partial charge in [0.05, 0.1) is 0 Å². The quantitative estimate of drug-likeness (QED) is 0.525. The van der Waals surface area contributed by atoms with Crippen molar-refractivity contribution < 1.29 is 22.7 Å². The first-order chi connectivity index (χ1) is 5.37. The Labute approximate surface area is 96.4 Å². The summed E-state index contributed by atoms with van der Waals surface area (Å²) in [6, 6.07) is 0. The molecule has 0 aliphatic rings. The second kappa shape index (κ2) is 5.44. The van der Waals surface area contributed by atoms with Crippen molar-refractivity contribution in [2.45, 2.75) is 27.2 Å². The van der Waals surface area contributed by atoms with Crippen molar-refractivity contribution in [2.75, 3.05) is 0 Å². The van der Waals surface area contributed by atoms with Crippen molar-refractivity contribution in [2.24, 2.45) is 11.3 Å². The van der Waals surface area contributed by atoms with Crippen LogP contribution in [0.4, 0.5) is 0 Å². The minimum atomic E-state index is -1.66. The summed E-state index contributed by atoms with van der Waals surface area (Å²) in [4.78, 5) is 21.4. The normalized spacial score (nSPS) is 12.8. The topological polar surface area (TPSA) is 74.6 Å². The van der Waals surface area contributed by atoms with Gasteiger partial charge in [0.25, 0.3) is 0 Å². The molecule has 0 aliphatic carbocycles. The van der Waals surface area contributed by atoms with Crippen molar-refractivity contribution in [1.82, 2.24) is 0 Å². The summed E-state index contributed by atoms with van der Waals surface area (Å²) >= 11 is 0. The van der Waals surface area contributed by atoms with Crippen LogP contribution in [0, 0.1) is 11.3 Å². The molecular weight excluding hydrogens is 184 g/mol. The van der Waals surface area contributed by atoms with Crippen molar-refractivity contribution in [1.29, 1.82) is 0 Å². The van der Waals surface area contributed by atoms with E-state index in [9.17, 15) is 9.59 Å². The molecule has 0 saturated heterocycles. The predicted octanol–water partition coefficient (Wildman–Crippen LogP) is 1.05. The molecule has 0 rings (SSSR count). The number of carboxylic acids is 2. The Morgan fingerprint density at radius 1 is 1.38 bits per heavy atom. The molecular formula is C8H16MgO4. The van der Waals surface area contributed by atoms with E-state index in [0.717, 1.165) is 0 Å². The third kappa shape index (κ3) is 2.84. The molecule has 0 amide bonds. The number of hydrogen-bond donors (Lipinski definition) is 2. The molecule has 0 aromatic rings. The van der Waals surface area contributed by atoms with Crippen LogP contribution in [0.5, 0.6) is 0 Å². The van der Waals surface area contributed by atoms with Crippen LogP contribution in [0.25, 0.3) is 0 Å². The van der Waals surface area contributed by atoms with Crippen LogP contribution in [0.3, 0.4) is 0 Å². The van der Waals surface area contributed by atoms with Gasteiger partial charge in [-0.05, 0) is 12.8 Å². The van der Waals surface area contributed by atoms with Gasteiger partial charge in [0.1, 0.15) is 0 Å². The van der Waals surface area contributed by atoms with E-state index in [2.05, 4.69) is 0 Å². The molecule has 4 nitrogen and oxygen atoms in total. The Morgan fingerprint density at radius 2 is 1.69 bits per heavy atom. The average Bonchev–Trinajstić information content (AvgIpc) is 2.00. The molecule has 5 heteroatoms. The van der Waals surface area contributed by atoms with E-state index in [1.165, 1.54) is 6.92 Å². The molecule has 0 spiro atoms. The Morgan fingerprint density at radius 3 is 1.77 bits per heavy atom. The predicted molar refractivity (Wildman–Crippen MR) is 50.8 cm³/mol. The molecule has 0 aromatic heterocycles. The van der Waals surface area contributed by atoms with Gasteiger partial charge >= 0.3 is 35.0 Å². The number of rotatable bonds is 4. The first-order valence-corrected chi connectivity index (χ1v) is 3.84. The van der Waals surface area contributed by atoms with E-state index in [0.29, 0.717) is 6.42 Å². The third-order valence-electron chi connectivity index (χ3n) is 2.49. The molecule has 0 fully saturated rings. The van der Waals surface area contributed by atoms with Gasteiger partial charge in [-0.15, -0.1) is 0 Å². The van der Waals surface area contributed by atoms with E-state index < -0.39 is 17.4 Å². The zero-order chi connectivity index (χ0) is 9.94. The summed E-state index contributed by atoms with van der Waals surface area (Å²) in [7, 11) is 0. The smallest absolute Gasteiger partial charge is 1.00 e. The summed E-state index contributed by atoms with van der Waals surface area (Å²) in [6.45, 7) is 4.64. The molecule has 0 saturated carbocycles. The average molecular weight is 201 g/mol. The fraction of sp³-hybridized carbons (Fsp3) is 0.750. The van der Waals surface area contributed by atoms with Gasteiger partial charge in [0.2, 0.25) is 0 Å². The van der Waals surface area contributed by atoms with Gasteiger partial charge in [0, 0.05) is 0 Å². The Balaban J connectivity index is -0.000000202. The van der Waals surface area contributed by atoms with Crippen LogP contribution in [-0.4, -0.2) is 45.2 Å². The fourth-order valence-corrected chi connectivity index (χ4v) is 0.921. The molecule has 1 atom stereocenters. The molecule has 0 bridgehead atoms. The monoisotopic (exact) mass is 200 g/mol. The third-order valence-corrected chi connectivity index (χ3v) is 2.49. The fourth-order valence-electron chi connectivity index (χ4n) is 0.921. The zero-order valence-electron chi connectivity index (χ0n) is 10.2. The molecule has 0 aliphatic heterocycles. The van der Waals surface area contributed by atoms with E-state index in [1.54, 1.807) is 13.8 Å². The SMILES string of the molecule is CCC(C)C(C)(C(=O)O)C(=O)O.[H-].[H-].[Mg+2]. The molecule has 0 aromatic carbocycles. The summed E-state index contributed by atoms with van der Waals surface area (Å²) < 4.78 is 0. The van der Waals surface area contributed by atoms with E-state index in [4.69, 9.17) is 10.2 Å². The summed E-state index contributed by atoms with van der Waals surface area (Å²) in [5, 5.41) is 17.4.